The highest BCUT2D eigenvalue weighted by Crippen LogP contribution is 2.34. The van der Waals surface area contributed by atoms with Gasteiger partial charge in [-0.15, -0.1) is 11.3 Å². The zero-order valence-corrected chi connectivity index (χ0v) is 20.1. The van der Waals surface area contributed by atoms with E-state index < -0.39 is 11.9 Å². The molecular formula is C23H25N3O7S. The van der Waals surface area contributed by atoms with Crippen molar-refractivity contribution in [1.29, 1.82) is 0 Å². The van der Waals surface area contributed by atoms with Crippen molar-refractivity contribution >= 4 is 34.2 Å². The summed E-state index contributed by atoms with van der Waals surface area (Å²) < 4.78 is 20.5. The van der Waals surface area contributed by atoms with Crippen LogP contribution in [0.25, 0.3) is 11.4 Å². The molecule has 0 saturated heterocycles. The van der Waals surface area contributed by atoms with Gasteiger partial charge in [0.25, 0.3) is 0 Å². The lowest BCUT2D eigenvalue weighted by Gasteiger charge is -2.06. The number of amides is 1. The average Bonchev–Trinajstić information content (AvgIpc) is 3.42. The number of aryl methyl sites for hydroxylation is 1. The quantitative estimate of drug-likeness (QED) is 0.421. The molecule has 0 aliphatic heterocycles. The van der Waals surface area contributed by atoms with Crippen LogP contribution in [0.15, 0.2) is 28.8 Å². The summed E-state index contributed by atoms with van der Waals surface area (Å²) in [6.45, 7) is 5.32. The highest BCUT2D eigenvalue weighted by molar-refractivity contribution is 7.18. The fourth-order valence-corrected chi connectivity index (χ4v) is 4.17. The van der Waals surface area contributed by atoms with Crippen LogP contribution in [0.3, 0.4) is 0 Å². The Kier molecular flexibility index (Phi) is 8.36. The van der Waals surface area contributed by atoms with Crippen LogP contribution in [0.5, 0.6) is 5.75 Å². The maximum Gasteiger partial charge on any atom is 0.348 e. The molecule has 0 aliphatic carbocycles. The van der Waals surface area contributed by atoms with Gasteiger partial charge in [0.1, 0.15) is 15.6 Å². The zero-order valence-electron chi connectivity index (χ0n) is 19.3. The Labute approximate surface area is 200 Å². The van der Waals surface area contributed by atoms with Gasteiger partial charge in [-0.3, -0.25) is 4.79 Å². The summed E-state index contributed by atoms with van der Waals surface area (Å²) in [6.07, 6.45) is 0.219. The third kappa shape index (κ3) is 5.79. The molecule has 1 amide bonds. The molecule has 2 heterocycles. The second-order valence-corrected chi connectivity index (χ2v) is 8.01. The van der Waals surface area contributed by atoms with Crippen molar-refractivity contribution < 1.29 is 33.1 Å². The number of benzene rings is 1. The van der Waals surface area contributed by atoms with Crippen LogP contribution in [0.1, 0.15) is 51.8 Å². The van der Waals surface area contributed by atoms with Crippen molar-refractivity contribution in [3.8, 4) is 17.1 Å². The van der Waals surface area contributed by atoms with E-state index in [1.807, 2.05) is 0 Å². The van der Waals surface area contributed by atoms with Gasteiger partial charge in [-0.25, -0.2) is 9.59 Å². The molecule has 34 heavy (non-hydrogen) atoms. The fourth-order valence-electron chi connectivity index (χ4n) is 3.07. The van der Waals surface area contributed by atoms with Crippen molar-refractivity contribution in [2.75, 3.05) is 25.6 Å². The second kappa shape index (κ2) is 11.4. The second-order valence-electron chi connectivity index (χ2n) is 6.99. The van der Waals surface area contributed by atoms with Gasteiger partial charge in [0.15, 0.2) is 0 Å². The number of hydrogen-bond donors (Lipinski definition) is 1. The molecule has 3 aromatic rings. The predicted molar refractivity (Wildman–Crippen MR) is 124 cm³/mol. The lowest BCUT2D eigenvalue weighted by atomic mass is 10.1. The standard InChI is InChI=1S/C23H25N3O7S/c1-5-31-22(28)18-13(3)19(23(29)32-6-2)34-21(18)24-16(27)11-12-17-25-20(26-33-17)14-7-9-15(30-4)10-8-14/h7-10H,5-6,11-12H2,1-4H3,(H,24,27). The van der Waals surface area contributed by atoms with Crippen molar-refractivity contribution in [2.24, 2.45) is 0 Å². The topological polar surface area (TPSA) is 130 Å². The van der Waals surface area contributed by atoms with E-state index in [0.29, 0.717) is 23.0 Å². The highest BCUT2D eigenvalue weighted by atomic mass is 32.1. The number of anilines is 1. The average molecular weight is 488 g/mol. The van der Waals surface area contributed by atoms with E-state index in [0.717, 1.165) is 16.9 Å². The molecule has 0 saturated carbocycles. The van der Waals surface area contributed by atoms with Crippen molar-refractivity contribution in [3.05, 3.63) is 46.2 Å². The smallest absolute Gasteiger partial charge is 0.348 e. The van der Waals surface area contributed by atoms with E-state index in [1.54, 1.807) is 52.1 Å². The molecule has 1 aromatic carbocycles. The van der Waals surface area contributed by atoms with Gasteiger partial charge in [-0.2, -0.15) is 4.98 Å². The summed E-state index contributed by atoms with van der Waals surface area (Å²) in [4.78, 5) is 41.9. The molecule has 0 spiro atoms. The molecule has 0 aliphatic rings. The molecular weight excluding hydrogens is 462 g/mol. The number of hydrogen-bond acceptors (Lipinski definition) is 10. The number of nitrogens with one attached hydrogen (secondary N) is 1. The zero-order chi connectivity index (χ0) is 24.7. The molecule has 10 nitrogen and oxygen atoms in total. The molecule has 0 fully saturated rings. The lowest BCUT2D eigenvalue weighted by molar-refractivity contribution is -0.116. The molecule has 0 unspecified atom stereocenters. The number of methoxy groups -OCH3 is 1. The largest absolute Gasteiger partial charge is 0.497 e. The van der Waals surface area contributed by atoms with E-state index in [9.17, 15) is 14.4 Å². The first kappa shape index (κ1) is 24.9. The first-order chi connectivity index (χ1) is 16.4. The number of esters is 2. The van der Waals surface area contributed by atoms with Gasteiger partial charge >= 0.3 is 11.9 Å². The van der Waals surface area contributed by atoms with E-state index >= 15 is 0 Å². The number of nitrogens with zero attached hydrogens (tertiary/aromatic N) is 2. The van der Waals surface area contributed by atoms with Crippen LogP contribution in [0.2, 0.25) is 0 Å². The number of ether oxygens (including phenoxy) is 3. The van der Waals surface area contributed by atoms with Gasteiger partial charge in [-0.1, -0.05) is 5.16 Å². The third-order valence-electron chi connectivity index (χ3n) is 4.72. The maximum absolute atomic E-state index is 12.6. The number of carbonyl (C=O) groups is 3. The molecule has 3 rings (SSSR count). The SMILES string of the molecule is CCOC(=O)c1sc(NC(=O)CCc2nc(-c3ccc(OC)cc3)no2)c(C(=O)OCC)c1C. The molecule has 11 heteroatoms. The number of thiophene rings is 1. The van der Waals surface area contributed by atoms with Crippen LogP contribution in [0, 0.1) is 6.92 Å². The Morgan fingerprint density at radius 2 is 1.74 bits per heavy atom. The van der Waals surface area contributed by atoms with Gasteiger partial charge in [0.2, 0.25) is 17.6 Å². The minimum atomic E-state index is -0.622. The normalized spacial score (nSPS) is 10.6. The van der Waals surface area contributed by atoms with Crippen LogP contribution in [-0.2, 0) is 20.7 Å². The number of carbonyl (C=O) groups excluding carboxylic acids is 3. The summed E-state index contributed by atoms with van der Waals surface area (Å²) in [5.74, 6) is -0.166. The van der Waals surface area contributed by atoms with E-state index in [-0.39, 0.29) is 47.4 Å². The Morgan fingerprint density at radius 3 is 2.38 bits per heavy atom. The monoisotopic (exact) mass is 487 g/mol. The van der Waals surface area contributed by atoms with Crippen molar-refractivity contribution in [2.45, 2.75) is 33.6 Å². The summed E-state index contributed by atoms with van der Waals surface area (Å²) in [5.41, 5.74) is 1.29. The maximum atomic E-state index is 12.6. The number of rotatable bonds is 10. The van der Waals surface area contributed by atoms with Gasteiger partial charge in [0.05, 0.1) is 25.9 Å². The minimum Gasteiger partial charge on any atom is -0.497 e. The van der Waals surface area contributed by atoms with Crippen LogP contribution < -0.4 is 10.1 Å². The fraction of sp³-hybridized carbons (Fsp3) is 0.348. The Balaban J connectivity index is 1.69. The molecule has 2 aromatic heterocycles. The van der Waals surface area contributed by atoms with Gasteiger partial charge in [0, 0.05) is 18.4 Å². The van der Waals surface area contributed by atoms with Crippen LogP contribution in [0.4, 0.5) is 5.00 Å². The molecule has 1 N–H and O–H groups in total. The first-order valence-electron chi connectivity index (χ1n) is 10.6. The van der Waals surface area contributed by atoms with E-state index in [2.05, 4.69) is 15.5 Å². The Morgan fingerprint density at radius 1 is 1.06 bits per heavy atom. The van der Waals surface area contributed by atoms with Crippen LogP contribution in [-0.4, -0.2) is 48.3 Å². The first-order valence-corrected chi connectivity index (χ1v) is 11.4. The Bertz CT molecular complexity index is 1170. The summed E-state index contributed by atoms with van der Waals surface area (Å²) >= 11 is 0.974. The summed E-state index contributed by atoms with van der Waals surface area (Å²) in [6, 6.07) is 7.18. The van der Waals surface area contributed by atoms with Crippen LogP contribution >= 0.6 is 11.3 Å². The third-order valence-corrected chi connectivity index (χ3v) is 5.91. The van der Waals surface area contributed by atoms with E-state index in [1.165, 1.54) is 0 Å². The van der Waals surface area contributed by atoms with Gasteiger partial charge < -0.3 is 24.1 Å². The molecule has 0 radical (unpaired) electrons. The predicted octanol–water partition coefficient (Wildman–Crippen LogP) is 4.04. The number of aromatic nitrogens is 2. The minimum absolute atomic E-state index is 0.0260. The lowest BCUT2D eigenvalue weighted by Crippen LogP contribution is -2.15. The van der Waals surface area contributed by atoms with E-state index in [4.69, 9.17) is 18.7 Å². The molecule has 0 atom stereocenters. The summed E-state index contributed by atoms with van der Waals surface area (Å²) in [5, 5.41) is 6.87. The molecule has 0 bridgehead atoms. The highest BCUT2D eigenvalue weighted by Gasteiger charge is 2.27. The van der Waals surface area contributed by atoms with Crippen molar-refractivity contribution in [1.82, 2.24) is 10.1 Å². The van der Waals surface area contributed by atoms with Crippen molar-refractivity contribution in [3.63, 3.8) is 0 Å². The molecule has 180 valence electrons. The Hall–Kier alpha value is -3.73. The summed E-state index contributed by atoms with van der Waals surface area (Å²) in [7, 11) is 1.58. The van der Waals surface area contributed by atoms with Gasteiger partial charge in [-0.05, 0) is 50.6 Å².